The molecule has 1 amide bonds. The summed E-state index contributed by atoms with van der Waals surface area (Å²) in [6.07, 6.45) is 1.68. The second-order valence-electron chi connectivity index (χ2n) is 5.34. The normalized spacial score (nSPS) is 11.1. The minimum absolute atomic E-state index is 0.210. The maximum Gasteiger partial charge on any atom is 0.337 e. The van der Waals surface area contributed by atoms with Crippen LogP contribution in [0.15, 0.2) is 54.6 Å². The van der Waals surface area contributed by atoms with Gasteiger partial charge in [-0.15, -0.1) is 10.2 Å². The van der Waals surface area contributed by atoms with Crippen molar-refractivity contribution in [1.29, 1.82) is 0 Å². The molecule has 0 saturated carbocycles. The Morgan fingerprint density at radius 3 is 2.37 bits per heavy atom. The number of hydrogen-bond acceptors (Lipinski definition) is 6. The lowest BCUT2D eigenvalue weighted by molar-refractivity contribution is 0.0600. The molecule has 136 valence electrons. The Hall–Kier alpha value is -3.03. The first-order chi connectivity index (χ1) is 13.1. The molecule has 1 N–H and O–H groups in total. The summed E-state index contributed by atoms with van der Waals surface area (Å²) in [5.74, 6) is -0.758. The van der Waals surface area contributed by atoms with Gasteiger partial charge in [-0.2, -0.15) is 0 Å². The lowest BCUT2D eigenvalue weighted by Crippen LogP contribution is -2.11. The third-order valence-corrected chi connectivity index (χ3v) is 4.84. The minimum Gasteiger partial charge on any atom is -0.465 e. The highest BCUT2D eigenvalue weighted by molar-refractivity contribution is 7.15. The monoisotopic (exact) mass is 399 g/mol. The molecule has 0 spiro atoms. The maximum absolute atomic E-state index is 12.2. The second kappa shape index (κ2) is 8.57. The fraction of sp³-hybridized carbons (Fsp3) is 0.0526. The summed E-state index contributed by atoms with van der Waals surface area (Å²) in [6, 6.07) is 15.8. The van der Waals surface area contributed by atoms with E-state index in [1.165, 1.54) is 7.11 Å². The molecule has 0 unspecified atom stereocenters. The number of aromatic nitrogens is 2. The quantitative estimate of drug-likeness (QED) is 0.646. The van der Waals surface area contributed by atoms with Crippen molar-refractivity contribution < 1.29 is 14.3 Å². The van der Waals surface area contributed by atoms with Gasteiger partial charge in [-0.05, 0) is 35.9 Å². The number of anilines is 1. The van der Waals surface area contributed by atoms with Crippen LogP contribution in [0, 0.1) is 0 Å². The number of amides is 1. The van der Waals surface area contributed by atoms with E-state index in [4.69, 9.17) is 11.6 Å². The summed E-state index contributed by atoms with van der Waals surface area (Å²) in [4.78, 5) is 23.7. The number of carbonyl (C=O) groups is 2. The van der Waals surface area contributed by atoms with E-state index < -0.39 is 5.97 Å². The predicted octanol–water partition coefficient (Wildman–Crippen LogP) is 4.31. The van der Waals surface area contributed by atoms with E-state index in [9.17, 15) is 9.59 Å². The Morgan fingerprint density at radius 1 is 1.04 bits per heavy atom. The molecule has 2 aromatic carbocycles. The van der Waals surface area contributed by atoms with E-state index in [0.29, 0.717) is 21.3 Å². The minimum atomic E-state index is -0.408. The van der Waals surface area contributed by atoms with Crippen molar-refractivity contribution in [3.8, 4) is 0 Å². The molecule has 0 radical (unpaired) electrons. The van der Waals surface area contributed by atoms with Crippen molar-refractivity contribution in [2.45, 2.75) is 0 Å². The molecule has 0 saturated heterocycles. The van der Waals surface area contributed by atoms with Gasteiger partial charge in [0.1, 0.15) is 0 Å². The Labute approximate surface area is 164 Å². The van der Waals surface area contributed by atoms with Gasteiger partial charge in [0.25, 0.3) is 5.91 Å². The summed E-state index contributed by atoms with van der Waals surface area (Å²) in [6.45, 7) is 0. The molecular weight excluding hydrogens is 386 g/mol. The lowest BCUT2D eigenvalue weighted by atomic mass is 10.1. The number of benzene rings is 2. The van der Waals surface area contributed by atoms with Gasteiger partial charge in [0.2, 0.25) is 5.01 Å². The zero-order valence-electron chi connectivity index (χ0n) is 14.2. The number of nitrogens with zero attached hydrogens (tertiary/aromatic N) is 2. The van der Waals surface area contributed by atoms with Gasteiger partial charge in [-0.3, -0.25) is 4.79 Å². The number of nitrogens with one attached hydrogen (secondary N) is 1. The zero-order valence-corrected chi connectivity index (χ0v) is 15.8. The van der Waals surface area contributed by atoms with Crippen LogP contribution in [0.1, 0.15) is 30.7 Å². The summed E-state index contributed by atoms with van der Waals surface area (Å²) in [7, 11) is 1.33. The molecular formula is C19H14ClN3O3S. The van der Waals surface area contributed by atoms with Crippen molar-refractivity contribution in [1.82, 2.24) is 10.2 Å². The first-order valence-corrected chi connectivity index (χ1v) is 9.02. The molecule has 0 fully saturated rings. The van der Waals surface area contributed by atoms with Gasteiger partial charge in [0, 0.05) is 5.69 Å². The van der Waals surface area contributed by atoms with Crippen LogP contribution in [-0.2, 0) is 4.74 Å². The van der Waals surface area contributed by atoms with E-state index in [1.807, 2.05) is 18.2 Å². The molecule has 0 aliphatic rings. The average molecular weight is 400 g/mol. The summed E-state index contributed by atoms with van der Waals surface area (Å²) < 4.78 is 4.66. The topological polar surface area (TPSA) is 81.2 Å². The van der Waals surface area contributed by atoms with Crippen LogP contribution < -0.4 is 5.32 Å². The molecule has 0 bridgehead atoms. The Balaban J connectivity index is 1.72. The van der Waals surface area contributed by atoms with Crippen LogP contribution in [-0.4, -0.2) is 29.2 Å². The Bertz CT molecular complexity index is 985. The van der Waals surface area contributed by atoms with Gasteiger partial charge < -0.3 is 10.1 Å². The molecule has 0 atom stereocenters. The zero-order chi connectivity index (χ0) is 19.2. The third-order valence-electron chi connectivity index (χ3n) is 3.48. The SMILES string of the molecule is COC(=O)c1ccc(/C=C(\Cl)c2nnc(C(=O)Nc3ccccc3)s2)cc1. The Morgan fingerprint density at radius 2 is 1.70 bits per heavy atom. The van der Waals surface area contributed by atoms with Crippen LogP contribution in [0.3, 0.4) is 0 Å². The molecule has 0 aliphatic heterocycles. The molecule has 3 rings (SSSR count). The van der Waals surface area contributed by atoms with Crippen molar-refractivity contribution in [2.75, 3.05) is 12.4 Å². The summed E-state index contributed by atoms with van der Waals surface area (Å²) in [5.41, 5.74) is 1.89. The van der Waals surface area contributed by atoms with E-state index >= 15 is 0 Å². The highest BCUT2D eigenvalue weighted by Crippen LogP contribution is 2.26. The average Bonchev–Trinajstić information content (AvgIpc) is 3.19. The van der Waals surface area contributed by atoms with Crippen molar-refractivity contribution in [2.24, 2.45) is 0 Å². The lowest BCUT2D eigenvalue weighted by Gasteiger charge is -2.01. The van der Waals surface area contributed by atoms with E-state index in [1.54, 1.807) is 42.5 Å². The van der Waals surface area contributed by atoms with Gasteiger partial charge >= 0.3 is 5.97 Å². The molecule has 27 heavy (non-hydrogen) atoms. The van der Waals surface area contributed by atoms with Gasteiger partial charge in [-0.25, -0.2) is 4.79 Å². The van der Waals surface area contributed by atoms with E-state index in [0.717, 1.165) is 16.9 Å². The summed E-state index contributed by atoms with van der Waals surface area (Å²) in [5, 5.41) is 11.6. The molecule has 0 aliphatic carbocycles. The van der Waals surface area contributed by atoms with Crippen LogP contribution in [0.5, 0.6) is 0 Å². The number of para-hydroxylation sites is 1. The molecule has 6 nitrogen and oxygen atoms in total. The van der Waals surface area contributed by atoms with Crippen LogP contribution >= 0.6 is 22.9 Å². The second-order valence-corrected chi connectivity index (χ2v) is 6.72. The van der Waals surface area contributed by atoms with Crippen LogP contribution in [0.25, 0.3) is 11.1 Å². The first-order valence-electron chi connectivity index (χ1n) is 7.82. The number of carbonyl (C=O) groups excluding carboxylic acids is 2. The smallest absolute Gasteiger partial charge is 0.337 e. The molecule has 1 aromatic heterocycles. The predicted molar refractivity (Wildman–Crippen MR) is 106 cm³/mol. The number of halogens is 1. The van der Waals surface area contributed by atoms with E-state index in [2.05, 4.69) is 20.3 Å². The summed E-state index contributed by atoms with van der Waals surface area (Å²) >= 11 is 7.38. The molecule has 1 heterocycles. The van der Waals surface area contributed by atoms with Gasteiger partial charge in [0.05, 0.1) is 17.7 Å². The maximum atomic E-state index is 12.2. The van der Waals surface area contributed by atoms with Gasteiger partial charge in [-0.1, -0.05) is 53.3 Å². The molecule has 8 heteroatoms. The number of hydrogen-bond donors (Lipinski definition) is 1. The standard InChI is InChI=1S/C19H14ClN3O3S/c1-26-19(25)13-9-7-12(8-10-13)11-15(20)17-22-23-18(27-17)16(24)21-14-5-3-2-4-6-14/h2-11H,1H3,(H,21,24)/b15-11-. The van der Waals surface area contributed by atoms with Crippen LogP contribution in [0.4, 0.5) is 5.69 Å². The fourth-order valence-corrected chi connectivity index (χ4v) is 3.08. The fourth-order valence-electron chi connectivity index (χ4n) is 2.16. The highest BCUT2D eigenvalue weighted by atomic mass is 35.5. The number of methoxy groups -OCH3 is 1. The van der Waals surface area contributed by atoms with Crippen molar-refractivity contribution >= 4 is 51.6 Å². The van der Waals surface area contributed by atoms with Crippen molar-refractivity contribution in [3.05, 3.63) is 75.7 Å². The largest absolute Gasteiger partial charge is 0.465 e. The van der Waals surface area contributed by atoms with Gasteiger partial charge in [0.15, 0.2) is 5.01 Å². The van der Waals surface area contributed by atoms with E-state index in [-0.39, 0.29) is 10.9 Å². The third kappa shape index (κ3) is 4.78. The highest BCUT2D eigenvalue weighted by Gasteiger charge is 2.15. The van der Waals surface area contributed by atoms with Crippen LogP contribution in [0.2, 0.25) is 0 Å². The number of rotatable bonds is 5. The molecule has 3 aromatic rings. The van der Waals surface area contributed by atoms with Crippen molar-refractivity contribution in [3.63, 3.8) is 0 Å². The Kier molecular flexibility index (Phi) is 5.95. The first kappa shape index (κ1) is 18.8. The number of ether oxygens (including phenoxy) is 1. The number of esters is 1.